The summed E-state index contributed by atoms with van der Waals surface area (Å²) in [5, 5.41) is 3.69. The van der Waals surface area contributed by atoms with E-state index in [2.05, 4.69) is 58.1 Å². The molecule has 1 fully saturated rings. The maximum absolute atomic E-state index is 3.69. The van der Waals surface area contributed by atoms with Crippen LogP contribution in [0, 0.1) is 0 Å². The monoisotopic (exact) mass is 299 g/mol. The fraction of sp³-hybridized carbons (Fsp3) is 0.538. The molecule has 0 aliphatic carbocycles. The topological polar surface area (TPSA) is 12.0 Å². The summed E-state index contributed by atoms with van der Waals surface area (Å²) < 4.78 is 1.17. The minimum atomic E-state index is 0.658. The van der Waals surface area contributed by atoms with E-state index in [0.29, 0.717) is 6.04 Å². The quantitative estimate of drug-likeness (QED) is 0.892. The molecular weight excluding hydrogens is 282 g/mol. The molecule has 2 rings (SSSR count). The van der Waals surface area contributed by atoms with Crippen LogP contribution in [0.1, 0.15) is 25.3 Å². The Morgan fingerprint density at radius 3 is 3.06 bits per heavy atom. The predicted molar refractivity (Wildman–Crippen MR) is 77.5 cm³/mol. The molecular formula is C13H18BrNS. The number of anilines is 1. The van der Waals surface area contributed by atoms with Gasteiger partial charge in [-0.2, -0.15) is 11.8 Å². The van der Waals surface area contributed by atoms with Crippen LogP contribution in [-0.2, 0) is 6.42 Å². The Labute approximate surface area is 111 Å². The molecule has 88 valence electrons. The molecule has 1 aromatic rings. The van der Waals surface area contributed by atoms with Gasteiger partial charge in [0.25, 0.3) is 0 Å². The van der Waals surface area contributed by atoms with Gasteiger partial charge in [0.1, 0.15) is 0 Å². The van der Waals surface area contributed by atoms with Crippen molar-refractivity contribution in [3.05, 3.63) is 28.2 Å². The Morgan fingerprint density at radius 2 is 2.38 bits per heavy atom. The summed E-state index contributed by atoms with van der Waals surface area (Å²) in [6.45, 7) is 2.21. The van der Waals surface area contributed by atoms with Gasteiger partial charge in [-0.1, -0.05) is 22.9 Å². The standard InChI is InChI=1S/C13H18BrNS/c1-2-10-8-11(14)5-6-13(10)15-12-4-3-7-16-9-12/h5-6,8,12,15H,2-4,7,9H2,1H3. The van der Waals surface area contributed by atoms with Crippen LogP contribution in [0.4, 0.5) is 5.69 Å². The number of thioether (sulfide) groups is 1. The van der Waals surface area contributed by atoms with Crippen molar-refractivity contribution in [2.24, 2.45) is 0 Å². The molecule has 1 unspecified atom stereocenters. The average molecular weight is 300 g/mol. The van der Waals surface area contributed by atoms with Crippen molar-refractivity contribution in [3.8, 4) is 0 Å². The van der Waals surface area contributed by atoms with E-state index in [1.165, 1.54) is 40.1 Å². The molecule has 1 aromatic carbocycles. The lowest BCUT2D eigenvalue weighted by Crippen LogP contribution is -2.26. The zero-order valence-corrected chi connectivity index (χ0v) is 12.0. The lowest BCUT2D eigenvalue weighted by molar-refractivity contribution is 0.684. The summed E-state index contributed by atoms with van der Waals surface area (Å²) in [6.07, 6.45) is 3.74. The van der Waals surface area contributed by atoms with Crippen LogP contribution in [0.5, 0.6) is 0 Å². The van der Waals surface area contributed by atoms with Crippen LogP contribution in [-0.4, -0.2) is 17.5 Å². The van der Waals surface area contributed by atoms with Crippen molar-refractivity contribution in [3.63, 3.8) is 0 Å². The second-order valence-electron chi connectivity index (χ2n) is 4.21. The Bertz CT molecular complexity index is 348. The number of rotatable bonds is 3. The predicted octanol–water partition coefficient (Wildman–Crippen LogP) is 4.32. The molecule has 0 aromatic heterocycles. The van der Waals surface area contributed by atoms with Crippen LogP contribution < -0.4 is 5.32 Å². The lowest BCUT2D eigenvalue weighted by atomic mass is 10.1. The van der Waals surface area contributed by atoms with E-state index in [0.717, 1.165) is 6.42 Å². The summed E-state index contributed by atoms with van der Waals surface area (Å²) in [5.41, 5.74) is 2.73. The second-order valence-corrected chi connectivity index (χ2v) is 6.28. The molecule has 0 bridgehead atoms. The van der Waals surface area contributed by atoms with E-state index in [9.17, 15) is 0 Å². The molecule has 1 atom stereocenters. The minimum Gasteiger partial charge on any atom is -0.381 e. The van der Waals surface area contributed by atoms with E-state index in [1.807, 2.05) is 0 Å². The molecule has 0 spiro atoms. The van der Waals surface area contributed by atoms with Gasteiger partial charge in [0.2, 0.25) is 0 Å². The summed E-state index contributed by atoms with van der Waals surface area (Å²) in [4.78, 5) is 0. The van der Waals surface area contributed by atoms with E-state index < -0.39 is 0 Å². The number of hydrogen-bond donors (Lipinski definition) is 1. The molecule has 1 saturated heterocycles. The second kappa shape index (κ2) is 5.97. The highest BCUT2D eigenvalue weighted by atomic mass is 79.9. The van der Waals surface area contributed by atoms with Gasteiger partial charge in [-0.15, -0.1) is 0 Å². The zero-order chi connectivity index (χ0) is 11.4. The van der Waals surface area contributed by atoms with E-state index in [4.69, 9.17) is 0 Å². The molecule has 0 radical (unpaired) electrons. The Morgan fingerprint density at radius 1 is 1.50 bits per heavy atom. The van der Waals surface area contributed by atoms with Gasteiger partial charge in [0.15, 0.2) is 0 Å². The SMILES string of the molecule is CCc1cc(Br)ccc1NC1CCCSC1. The van der Waals surface area contributed by atoms with E-state index >= 15 is 0 Å². The Balaban J connectivity index is 2.07. The molecule has 1 heterocycles. The number of nitrogens with one attached hydrogen (secondary N) is 1. The van der Waals surface area contributed by atoms with Gasteiger partial charge < -0.3 is 5.32 Å². The maximum atomic E-state index is 3.69. The summed E-state index contributed by atoms with van der Waals surface area (Å²) in [5.74, 6) is 2.58. The van der Waals surface area contributed by atoms with Gasteiger partial charge in [0, 0.05) is 22.0 Å². The fourth-order valence-corrected chi connectivity index (χ4v) is 3.55. The van der Waals surface area contributed by atoms with Crippen molar-refractivity contribution in [1.29, 1.82) is 0 Å². The van der Waals surface area contributed by atoms with Crippen LogP contribution >= 0.6 is 27.7 Å². The summed E-state index contributed by atoms with van der Waals surface area (Å²) in [6, 6.07) is 7.20. The number of halogens is 1. The van der Waals surface area contributed by atoms with Crippen molar-refractivity contribution in [1.82, 2.24) is 0 Å². The zero-order valence-electron chi connectivity index (χ0n) is 9.63. The van der Waals surface area contributed by atoms with Gasteiger partial charge in [0.05, 0.1) is 0 Å². The molecule has 1 aliphatic heterocycles. The van der Waals surface area contributed by atoms with Crippen molar-refractivity contribution in [2.45, 2.75) is 32.2 Å². The Hall–Kier alpha value is -0.150. The summed E-state index contributed by atoms with van der Waals surface area (Å²) >= 11 is 5.60. The molecule has 1 nitrogen and oxygen atoms in total. The first kappa shape index (κ1) is 12.3. The fourth-order valence-electron chi connectivity index (χ4n) is 2.07. The van der Waals surface area contributed by atoms with Crippen LogP contribution in [0.2, 0.25) is 0 Å². The third kappa shape index (κ3) is 3.17. The molecule has 16 heavy (non-hydrogen) atoms. The van der Waals surface area contributed by atoms with Crippen LogP contribution in [0.15, 0.2) is 22.7 Å². The highest BCUT2D eigenvalue weighted by Crippen LogP contribution is 2.25. The number of hydrogen-bond acceptors (Lipinski definition) is 2. The number of benzene rings is 1. The number of aryl methyl sites for hydroxylation is 1. The van der Waals surface area contributed by atoms with Gasteiger partial charge in [-0.3, -0.25) is 0 Å². The molecule has 0 saturated carbocycles. The third-order valence-electron chi connectivity index (χ3n) is 2.97. The normalized spacial score (nSPS) is 20.8. The molecule has 1 N–H and O–H groups in total. The van der Waals surface area contributed by atoms with E-state index in [1.54, 1.807) is 0 Å². The van der Waals surface area contributed by atoms with Crippen LogP contribution in [0.25, 0.3) is 0 Å². The minimum absolute atomic E-state index is 0.658. The maximum Gasteiger partial charge on any atom is 0.0375 e. The van der Waals surface area contributed by atoms with Gasteiger partial charge >= 0.3 is 0 Å². The third-order valence-corrected chi connectivity index (χ3v) is 4.68. The summed E-state index contributed by atoms with van der Waals surface area (Å²) in [7, 11) is 0. The first-order valence-electron chi connectivity index (χ1n) is 5.92. The highest BCUT2D eigenvalue weighted by molar-refractivity contribution is 9.10. The molecule has 1 aliphatic rings. The van der Waals surface area contributed by atoms with E-state index in [-0.39, 0.29) is 0 Å². The van der Waals surface area contributed by atoms with Gasteiger partial charge in [-0.05, 0) is 48.8 Å². The first-order chi connectivity index (χ1) is 7.79. The smallest absolute Gasteiger partial charge is 0.0375 e. The van der Waals surface area contributed by atoms with Crippen molar-refractivity contribution < 1.29 is 0 Å². The highest BCUT2D eigenvalue weighted by Gasteiger charge is 2.14. The largest absolute Gasteiger partial charge is 0.381 e. The molecule has 0 amide bonds. The Kier molecular flexibility index (Phi) is 4.59. The van der Waals surface area contributed by atoms with Crippen molar-refractivity contribution in [2.75, 3.05) is 16.8 Å². The van der Waals surface area contributed by atoms with Crippen molar-refractivity contribution >= 4 is 33.4 Å². The van der Waals surface area contributed by atoms with Gasteiger partial charge in [-0.25, -0.2) is 0 Å². The molecule has 3 heteroatoms. The first-order valence-corrected chi connectivity index (χ1v) is 7.87. The average Bonchev–Trinajstić information content (AvgIpc) is 2.33. The van der Waals surface area contributed by atoms with Crippen LogP contribution in [0.3, 0.4) is 0 Å². The lowest BCUT2D eigenvalue weighted by Gasteiger charge is -2.24.